The molecule has 1 atom stereocenters. The van der Waals surface area contributed by atoms with Crippen molar-refractivity contribution in [3.63, 3.8) is 0 Å². The van der Waals surface area contributed by atoms with E-state index in [9.17, 15) is 9.59 Å². The molecule has 5 aromatic rings. The number of aromatic nitrogens is 4. The molecule has 11 heteroatoms. The summed E-state index contributed by atoms with van der Waals surface area (Å²) in [6.45, 7) is 4.25. The van der Waals surface area contributed by atoms with Gasteiger partial charge in [0.2, 0.25) is 5.95 Å². The van der Waals surface area contributed by atoms with E-state index in [-0.39, 0.29) is 17.5 Å². The van der Waals surface area contributed by atoms with Gasteiger partial charge in [-0.25, -0.2) is 15.4 Å². The smallest absolute Gasteiger partial charge is 0.274 e. The van der Waals surface area contributed by atoms with E-state index in [1.165, 1.54) is 0 Å². The van der Waals surface area contributed by atoms with Crippen LogP contribution in [0.2, 0.25) is 0 Å². The minimum absolute atomic E-state index is 0.163. The van der Waals surface area contributed by atoms with Gasteiger partial charge in [0, 0.05) is 29.6 Å². The van der Waals surface area contributed by atoms with Gasteiger partial charge in [-0.3, -0.25) is 19.4 Å². The van der Waals surface area contributed by atoms with Crippen molar-refractivity contribution in [3.05, 3.63) is 112 Å². The van der Waals surface area contributed by atoms with E-state index in [0.29, 0.717) is 52.4 Å². The van der Waals surface area contributed by atoms with Crippen LogP contribution in [0, 0.1) is 6.92 Å². The summed E-state index contributed by atoms with van der Waals surface area (Å²) >= 11 is 0. The number of nitrogen functional groups attached to an aromatic ring is 1. The number of rotatable bonds is 9. The maximum Gasteiger partial charge on any atom is 0.274 e. The Bertz CT molecular complexity index is 1730. The molecule has 1 unspecified atom stereocenters. The molecule has 2 aromatic heterocycles. The molecule has 0 saturated heterocycles. The summed E-state index contributed by atoms with van der Waals surface area (Å²) in [5, 5.41) is 16.0. The summed E-state index contributed by atoms with van der Waals surface area (Å²) in [6.07, 6.45) is 0.621. The standard InChI is InChI=1S/C30H30N8O3/c1-3-22(34-25-16-18(2)33-30(31)36-25)27-35-24-11-7-10-23(26(24)29(40)38(27)21-8-5-4-6-9-21)32-17-19-12-14-20(15-13-19)28(39)37-41/h4-16,22,32,41H,3,17H2,1-2H3,(H,37,39)(H3,31,33,34,36). The summed E-state index contributed by atoms with van der Waals surface area (Å²) in [6, 6.07) is 23.2. The van der Waals surface area contributed by atoms with Gasteiger partial charge in [-0.1, -0.05) is 43.3 Å². The number of anilines is 3. The van der Waals surface area contributed by atoms with E-state index < -0.39 is 5.91 Å². The number of aryl methyl sites for hydroxylation is 1. The van der Waals surface area contributed by atoms with Gasteiger partial charge in [0.05, 0.1) is 22.6 Å². The quantitative estimate of drug-likeness (QED) is 0.133. The topological polar surface area (TPSA) is 160 Å². The fraction of sp³-hybridized carbons (Fsp3) is 0.167. The minimum Gasteiger partial charge on any atom is -0.380 e. The van der Waals surface area contributed by atoms with Crippen molar-refractivity contribution in [3.8, 4) is 5.69 Å². The number of carbonyl (C=O) groups is 1. The lowest BCUT2D eigenvalue weighted by Gasteiger charge is -2.23. The van der Waals surface area contributed by atoms with Crippen LogP contribution in [0.15, 0.2) is 83.7 Å². The highest BCUT2D eigenvalue weighted by Gasteiger charge is 2.22. The highest BCUT2D eigenvalue weighted by molar-refractivity contribution is 5.93. The van der Waals surface area contributed by atoms with E-state index in [1.54, 1.807) is 40.4 Å². The minimum atomic E-state index is -0.583. The van der Waals surface area contributed by atoms with Gasteiger partial charge in [0.25, 0.3) is 11.5 Å². The third-order valence-electron chi connectivity index (χ3n) is 6.65. The van der Waals surface area contributed by atoms with Crippen LogP contribution in [0.25, 0.3) is 16.6 Å². The number of nitrogens with one attached hydrogen (secondary N) is 3. The molecule has 0 bridgehead atoms. The highest BCUT2D eigenvalue weighted by atomic mass is 16.5. The molecule has 0 aliphatic rings. The summed E-state index contributed by atoms with van der Waals surface area (Å²) in [5.41, 5.74) is 11.1. The number of para-hydroxylation sites is 1. The van der Waals surface area contributed by atoms with Crippen molar-refractivity contribution in [1.82, 2.24) is 25.0 Å². The van der Waals surface area contributed by atoms with Crippen LogP contribution in [0.3, 0.4) is 0 Å². The average molecular weight is 551 g/mol. The molecule has 5 rings (SSSR count). The normalized spacial score (nSPS) is 11.7. The Morgan fingerprint density at radius 1 is 1.00 bits per heavy atom. The van der Waals surface area contributed by atoms with Gasteiger partial charge >= 0.3 is 0 Å². The first-order valence-corrected chi connectivity index (χ1v) is 13.1. The number of hydrogen-bond acceptors (Lipinski definition) is 9. The Morgan fingerprint density at radius 2 is 1.76 bits per heavy atom. The summed E-state index contributed by atoms with van der Waals surface area (Å²) in [4.78, 5) is 39.3. The van der Waals surface area contributed by atoms with Crippen molar-refractivity contribution in [1.29, 1.82) is 0 Å². The first kappa shape index (κ1) is 27.3. The first-order chi connectivity index (χ1) is 19.9. The molecule has 208 valence electrons. The van der Waals surface area contributed by atoms with Crippen molar-refractivity contribution >= 4 is 34.3 Å². The SMILES string of the molecule is CCC(Nc1cc(C)nc(N)n1)c1nc2cccc(NCc3ccc(C(=O)NO)cc3)c2c(=O)n1-c1ccccc1. The second kappa shape index (κ2) is 11.8. The lowest BCUT2D eigenvalue weighted by Crippen LogP contribution is -2.28. The number of nitrogens with two attached hydrogens (primary N) is 1. The molecule has 11 nitrogen and oxygen atoms in total. The molecule has 0 aliphatic heterocycles. The molecule has 0 saturated carbocycles. The van der Waals surface area contributed by atoms with Crippen molar-refractivity contribution < 1.29 is 10.0 Å². The molecule has 41 heavy (non-hydrogen) atoms. The predicted octanol–water partition coefficient (Wildman–Crippen LogP) is 4.36. The van der Waals surface area contributed by atoms with Crippen LogP contribution in [-0.4, -0.2) is 30.6 Å². The number of nitrogens with zero attached hydrogens (tertiary/aromatic N) is 4. The molecular formula is C30H30N8O3. The zero-order valence-electron chi connectivity index (χ0n) is 22.6. The Morgan fingerprint density at radius 3 is 2.44 bits per heavy atom. The molecule has 3 aromatic carbocycles. The molecule has 0 aliphatic carbocycles. The fourth-order valence-electron chi connectivity index (χ4n) is 4.68. The van der Waals surface area contributed by atoms with Crippen molar-refractivity contribution in [2.24, 2.45) is 0 Å². The lowest BCUT2D eigenvalue weighted by atomic mass is 10.1. The first-order valence-electron chi connectivity index (χ1n) is 13.1. The van der Waals surface area contributed by atoms with Crippen LogP contribution >= 0.6 is 0 Å². The van der Waals surface area contributed by atoms with Crippen LogP contribution < -0.4 is 27.4 Å². The lowest BCUT2D eigenvalue weighted by molar-refractivity contribution is 0.0706. The number of hydroxylamine groups is 1. The van der Waals surface area contributed by atoms with Gasteiger partial charge in [-0.2, -0.15) is 4.98 Å². The van der Waals surface area contributed by atoms with E-state index in [2.05, 4.69) is 20.6 Å². The van der Waals surface area contributed by atoms with E-state index in [1.807, 2.05) is 62.4 Å². The average Bonchev–Trinajstić information content (AvgIpc) is 2.98. The van der Waals surface area contributed by atoms with Crippen LogP contribution in [0.1, 0.15) is 46.8 Å². The molecule has 6 N–H and O–H groups in total. The van der Waals surface area contributed by atoms with Crippen molar-refractivity contribution in [2.75, 3.05) is 16.4 Å². The molecular weight excluding hydrogens is 520 g/mol. The summed E-state index contributed by atoms with van der Waals surface area (Å²) < 4.78 is 1.63. The van der Waals surface area contributed by atoms with Crippen LogP contribution in [0.4, 0.5) is 17.5 Å². The molecule has 0 fully saturated rings. The predicted molar refractivity (Wildman–Crippen MR) is 158 cm³/mol. The zero-order chi connectivity index (χ0) is 28.9. The maximum atomic E-state index is 14.3. The third kappa shape index (κ3) is 5.85. The number of carbonyl (C=O) groups excluding carboxylic acids is 1. The second-order valence-electron chi connectivity index (χ2n) is 9.50. The molecule has 1 amide bonds. The number of amides is 1. The van der Waals surface area contributed by atoms with Gasteiger partial charge in [-0.05, 0) is 55.3 Å². The van der Waals surface area contributed by atoms with E-state index in [4.69, 9.17) is 15.9 Å². The van der Waals surface area contributed by atoms with E-state index >= 15 is 0 Å². The van der Waals surface area contributed by atoms with Crippen LogP contribution in [0.5, 0.6) is 0 Å². The molecule has 0 radical (unpaired) electrons. The van der Waals surface area contributed by atoms with Crippen LogP contribution in [-0.2, 0) is 6.54 Å². The Balaban J connectivity index is 1.57. The number of fused-ring (bicyclic) bond motifs is 1. The van der Waals surface area contributed by atoms with Gasteiger partial charge in [0.15, 0.2) is 0 Å². The van der Waals surface area contributed by atoms with E-state index in [0.717, 1.165) is 11.3 Å². The second-order valence-corrected chi connectivity index (χ2v) is 9.50. The third-order valence-corrected chi connectivity index (χ3v) is 6.65. The maximum absolute atomic E-state index is 14.3. The van der Waals surface area contributed by atoms with Crippen molar-refractivity contribution in [2.45, 2.75) is 32.9 Å². The largest absolute Gasteiger partial charge is 0.380 e. The Kier molecular flexibility index (Phi) is 7.88. The van der Waals surface area contributed by atoms with Gasteiger partial charge in [0.1, 0.15) is 11.6 Å². The number of benzene rings is 3. The number of hydrogen-bond donors (Lipinski definition) is 5. The Labute approximate surface area is 236 Å². The summed E-state index contributed by atoms with van der Waals surface area (Å²) in [7, 11) is 0. The van der Waals surface area contributed by atoms with Gasteiger partial charge < -0.3 is 16.4 Å². The summed E-state index contributed by atoms with van der Waals surface area (Å²) in [5.74, 6) is 0.672. The molecule has 0 spiro atoms. The zero-order valence-corrected chi connectivity index (χ0v) is 22.6. The monoisotopic (exact) mass is 550 g/mol. The fourth-order valence-corrected chi connectivity index (χ4v) is 4.68. The molecule has 2 heterocycles. The Hall–Kier alpha value is -5.29. The highest BCUT2D eigenvalue weighted by Crippen LogP contribution is 2.27. The van der Waals surface area contributed by atoms with Gasteiger partial charge in [-0.15, -0.1) is 0 Å².